The topological polar surface area (TPSA) is 60.2 Å². The van der Waals surface area contributed by atoms with Crippen molar-refractivity contribution in [2.45, 2.75) is 0 Å². The first-order valence-corrected chi connectivity index (χ1v) is 4.23. The molecule has 1 rings (SSSR count). The molecule has 72 valence electrons. The third-order valence-corrected chi connectivity index (χ3v) is 1.92. The fourth-order valence-electron chi connectivity index (χ4n) is 0.921. The summed E-state index contributed by atoms with van der Waals surface area (Å²) < 4.78 is 0. The summed E-state index contributed by atoms with van der Waals surface area (Å²) in [5, 5.41) is 0.353. The molecule has 0 heterocycles. The first-order chi connectivity index (χ1) is 6.63. The van der Waals surface area contributed by atoms with Crippen molar-refractivity contribution in [3.63, 3.8) is 0 Å². The van der Waals surface area contributed by atoms with Crippen LogP contribution in [0.15, 0.2) is 24.3 Å². The van der Waals surface area contributed by atoms with Gasteiger partial charge in [-0.25, -0.2) is 0 Å². The van der Waals surface area contributed by atoms with Crippen LogP contribution in [0.25, 0.3) is 6.08 Å². The summed E-state index contributed by atoms with van der Waals surface area (Å²) in [5.74, 6) is -0.527. The van der Waals surface area contributed by atoms with E-state index in [0.29, 0.717) is 16.9 Å². The molecule has 0 aliphatic rings. The van der Waals surface area contributed by atoms with Crippen molar-refractivity contribution in [1.29, 1.82) is 0 Å². The van der Waals surface area contributed by atoms with Crippen molar-refractivity contribution in [2.75, 3.05) is 0 Å². The highest BCUT2D eigenvalue weighted by Gasteiger charge is 1.98. The Balaban J connectivity index is 2.97. The zero-order chi connectivity index (χ0) is 10.6. The highest BCUT2D eigenvalue weighted by molar-refractivity contribution is 6.33. The average Bonchev–Trinajstić information content (AvgIpc) is 2.15. The van der Waals surface area contributed by atoms with E-state index in [1.807, 2.05) is 0 Å². The van der Waals surface area contributed by atoms with Gasteiger partial charge in [0, 0.05) is 11.6 Å². The lowest BCUT2D eigenvalue weighted by Gasteiger charge is -1.97. The van der Waals surface area contributed by atoms with Crippen molar-refractivity contribution >= 4 is 29.9 Å². The minimum absolute atomic E-state index is 0.353. The second-order valence-corrected chi connectivity index (χ2v) is 3.04. The summed E-state index contributed by atoms with van der Waals surface area (Å²) in [5.41, 5.74) is 6.06. The third kappa shape index (κ3) is 2.71. The molecule has 0 radical (unpaired) electrons. The molecule has 0 aliphatic heterocycles. The van der Waals surface area contributed by atoms with E-state index in [1.54, 1.807) is 18.2 Å². The summed E-state index contributed by atoms with van der Waals surface area (Å²) in [4.78, 5) is 20.9. The molecule has 2 N–H and O–H groups in total. The van der Waals surface area contributed by atoms with Gasteiger partial charge < -0.3 is 5.73 Å². The molecule has 3 nitrogen and oxygen atoms in total. The number of halogens is 1. The van der Waals surface area contributed by atoms with Crippen LogP contribution in [-0.4, -0.2) is 12.2 Å². The van der Waals surface area contributed by atoms with Crippen molar-refractivity contribution in [2.24, 2.45) is 5.73 Å². The number of primary amides is 1. The Morgan fingerprint density at radius 3 is 2.64 bits per heavy atom. The van der Waals surface area contributed by atoms with E-state index >= 15 is 0 Å². The van der Waals surface area contributed by atoms with Crippen LogP contribution in [0, 0.1) is 0 Å². The molecule has 0 saturated carbocycles. The molecular weight excluding hydrogens is 202 g/mol. The van der Waals surface area contributed by atoms with E-state index in [9.17, 15) is 9.59 Å². The van der Waals surface area contributed by atoms with Gasteiger partial charge in [-0.15, -0.1) is 0 Å². The lowest BCUT2D eigenvalue weighted by Crippen LogP contribution is -2.05. The number of rotatable bonds is 3. The largest absolute Gasteiger partial charge is 0.366 e. The molecule has 0 aliphatic carbocycles. The predicted molar refractivity (Wildman–Crippen MR) is 55.1 cm³/mol. The predicted octanol–water partition coefficient (Wildman–Crippen LogP) is 1.65. The second-order valence-electron chi connectivity index (χ2n) is 2.63. The van der Waals surface area contributed by atoms with Gasteiger partial charge in [0.15, 0.2) is 6.29 Å². The quantitative estimate of drug-likeness (QED) is 0.608. The number of hydrogen-bond acceptors (Lipinski definition) is 2. The SMILES string of the molecule is NC(=O)C=Cc1ccc(C=O)c(Cl)c1. The highest BCUT2D eigenvalue weighted by atomic mass is 35.5. The van der Waals surface area contributed by atoms with Gasteiger partial charge in [-0.1, -0.05) is 17.7 Å². The molecule has 4 heteroatoms. The van der Waals surface area contributed by atoms with Gasteiger partial charge in [0.2, 0.25) is 5.91 Å². The van der Waals surface area contributed by atoms with Crippen molar-refractivity contribution < 1.29 is 9.59 Å². The Labute approximate surface area is 86.2 Å². The van der Waals surface area contributed by atoms with Gasteiger partial charge in [-0.3, -0.25) is 9.59 Å². The highest BCUT2D eigenvalue weighted by Crippen LogP contribution is 2.16. The van der Waals surface area contributed by atoms with Crippen LogP contribution < -0.4 is 5.73 Å². The van der Waals surface area contributed by atoms with E-state index in [-0.39, 0.29) is 0 Å². The number of nitrogens with two attached hydrogens (primary N) is 1. The second kappa shape index (κ2) is 4.58. The maximum absolute atomic E-state index is 10.4. The zero-order valence-corrected chi connectivity index (χ0v) is 7.99. The van der Waals surface area contributed by atoms with Gasteiger partial charge in [0.25, 0.3) is 0 Å². The maximum atomic E-state index is 10.4. The molecule has 0 aromatic heterocycles. The van der Waals surface area contributed by atoms with E-state index in [1.165, 1.54) is 12.2 Å². The number of aldehydes is 1. The van der Waals surface area contributed by atoms with Crippen molar-refractivity contribution in [1.82, 2.24) is 0 Å². The third-order valence-electron chi connectivity index (χ3n) is 1.59. The van der Waals surface area contributed by atoms with Crippen molar-refractivity contribution in [3.8, 4) is 0 Å². The van der Waals surface area contributed by atoms with Gasteiger partial charge in [0.1, 0.15) is 0 Å². The van der Waals surface area contributed by atoms with E-state index < -0.39 is 5.91 Å². The molecule has 1 aromatic rings. The first-order valence-electron chi connectivity index (χ1n) is 3.85. The fourth-order valence-corrected chi connectivity index (χ4v) is 1.15. The molecule has 0 unspecified atom stereocenters. The molecule has 0 saturated heterocycles. The van der Waals surface area contributed by atoms with E-state index in [0.717, 1.165) is 5.56 Å². The van der Waals surface area contributed by atoms with Crippen LogP contribution in [0.4, 0.5) is 0 Å². The smallest absolute Gasteiger partial charge is 0.241 e. The lowest BCUT2D eigenvalue weighted by atomic mass is 10.1. The zero-order valence-electron chi connectivity index (χ0n) is 7.24. The van der Waals surface area contributed by atoms with Crippen LogP contribution in [0.1, 0.15) is 15.9 Å². The fraction of sp³-hybridized carbons (Fsp3) is 0. The molecule has 1 aromatic carbocycles. The number of amides is 1. The van der Waals surface area contributed by atoms with Crippen LogP contribution in [0.2, 0.25) is 5.02 Å². The Morgan fingerprint density at radius 2 is 2.14 bits per heavy atom. The summed E-state index contributed by atoms with van der Waals surface area (Å²) in [6.45, 7) is 0. The van der Waals surface area contributed by atoms with E-state index in [2.05, 4.69) is 0 Å². The Bertz CT molecular complexity index is 399. The van der Waals surface area contributed by atoms with Crippen LogP contribution >= 0.6 is 11.6 Å². The van der Waals surface area contributed by atoms with Crippen LogP contribution in [-0.2, 0) is 4.79 Å². The van der Waals surface area contributed by atoms with Gasteiger partial charge in [-0.2, -0.15) is 0 Å². The lowest BCUT2D eigenvalue weighted by molar-refractivity contribution is -0.113. The maximum Gasteiger partial charge on any atom is 0.241 e. The van der Waals surface area contributed by atoms with Gasteiger partial charge in [0.05, 0.1) is 5.02 Å². The summed E-state index contributed by atoms with van der Waals surface area (Å²) >= 11 is 5.76. The molecule has 0 bridgehead atoms. The molecule has 1 amide bonds. The Kier molecular flexibility index (Phi) is 3.42. The molecule has 0 fully saturated rings. The van der Waals surface area contributed by atoms with Gasteiger partial charge in [-0.05, 0) is 23.8 Å². The molecule has 14 heavy (non-hydrogen) atoms. The number of carbonyl (C=O) groups excluding carboxylic acids is 2. The Hall–Kier alpha value is -1.61. The summed E-state index contributed by atoms with van der Waals surface area (Å²) in [7, 11) is 0. The Morgan fingerprint density at radius 1 is 1.43 bits per heavy atom. The standard InChI is InChI=1S/C10H8ClNO2/c11-9-5-7(2-4-10(12)14)1-3-8(9)6-13/h1-6H,(H2,12,14). The van der Waals surface area contributed by atoms with E-state index in [4.69, 9.17) is 17.3 Å². The minimum atomic E-state index is -0.527. The van der Waals surface area contributed by atoms with Crippen molar-refractivity contribution in [3.05, 3.63) is 40.4 Å². The summed E-state index contributed by atoms with van der Waals surface area (Å²) in [6.07, 6.45) is 3.43. The van der Waals surface area contributed by atoms with Gasteiger partial charge >= 0.3 is 0 Å². The monoisotopic (exact) mass is 209 g/mol. The molecular formula is C10H8ClNO2. The van der Waals surface area contributed by atoms with Crippen LogP contribution in [0.3, 0.4) is 0 Å². The molecule has 0 spiro atoms. The number of hydrogen-bond donors (Lipinski definition) is 1. The van der Waals surface area contributed by atoms with Crippen LogP contribution in [0.5, 0.6) is 0 Å². The number of benzene rings is 1. The summed E-state index contributed by atoms with van der Waals surface area (Å²) in [6, 6.07) is 4.84. The molecule has 0 atom stereocenters. The minimum Gasteiger partial charge on any atom is -0.366 e. The number of carbonyl (C=O) groups is 2. The normalized spacial score (nSPS) is 10.4. The first kappa shape index (κ1) is 10.5. The average molecular weight is 210 g/mol.